The zero-order valence-electron chi connectivity index (χ0n) is 14.2. The van der Waals surface area contributed by atoms with Gasteiger partial charge in [0.1, 0.15) is 0 Å². The van der Waals surface area contributed by atoms with Crippen molar-refractivity contribution in [2.24, 2.45) is 0 Å². The van der Waals surface area contributed by atoms with Gasteiger partial charge in [-0.2, -0.15) is 5.26 Å². The summed E-state index contributed by atoms with van der Waals surface area (Å²) in [7, 11) is 1.39. The fourth-order valence-corrected chi connectivity index (χ4v) is 2.01. The summed E-state index contributed by atoms with van der Waals surface area (Å²) in [6.45, 7) is -0.771. The predicted molar refractivity (Wildman–Crippen MR) is 91.2 cm³/mol. The molecule has 2 rings (SSSR count). The maximum atomic E-state index is 13.1. The molecule has 0 spiro atoms. The summed E-state index contributed by atoms with van der Waals surface area (Å²) in [6.07, 6.45) is 0. The summed E-state index contributed by atoms with van der Waals surface area (Å²) in [6, 6.07) is 9.30. The number of nitrogens with zero attached hydrogens (tertiary/aromatic N) is 1. The first-order valence-corrected chi connectivity index (χ1v) is 7.65. The smallest absolute Gasteiger partial charge is 0.258 e. The van der Waals surface area contributed by atoms with Crippen LogP contribution in [0.4, 0.5) is 14.5 Å². The van der Waals surface area contributed by atoms with Crippen LogP contribution in [-0.2, 0) is 9.59 Å². The zero-order chi connectivity index (χ0) is 19.8. The second kappa shape index (κ2) is 9.15. The first-order valence-electron chi connectivity index (χ1n) is 7.65. The van der Waals surface area contributed by atoms with Crippen LogP contribution in [0, 0.1) is 23.0 Å². The quantitative estimate of drug-likeness (QED) is 0.771. The van der Waals surface area contributed by atoms with Crippen LogP contribution in [0.5, 0.6) is 11.5 Å². The van der Waals surface area contributed by atoms with Gasteiger partial charge in [0.05, 0.1) is 25.3 Å². The average molecular weight is 375 g/mol. The number of anilines is 1. The fourth-order valence-electron chi connectivity index (χ4n) is 2.01. The van der Waals surface area contributed by atoms with E-state index in [2.05, 4.69) is 10.6 Å². The molecular weight excluding hydrogens is 360 g/mol. The Bertz CT molecular complexity index is 897. The van der Waals surface area contributed by atoms with Crippen LogP contribution in [0.3, 0.4) is 0 Å². The van der Waals surface area contributed by atoms with Gasteiger partial charge in [0, 0.05) is 17.8 Å². The second-order valence-electron chi connectivity index (χ2n) is 5.22. The molecule has 0 radical (unpaired) electrons. The molecule has 2 aromatic carbocycles. The Morgan fingerprint density at radius 3 is 2.52 bits per heavy atom. The van der Waals surface area contributed by atoms with Gasteiger partial charge >= 0.3 is 0 Å². The van der Waals surface area contributed by atoms with E-state index in [-0.39, 0.29) is 30.3 Å². The number of carbonyl (C=O) groups is 2. The molecule has 2 N–H and O–H groups in total. The summed E-state index contributed by atoms with van der Waals surface area (Å²) in [5.74, 6) is -2.78. The SMILES string of the molecule is COc1cc(C#N)ccc1OCC(=O)NCC(=O)Nc1ccc(F)c(F)c1. The molecule has 27 heavy (non-hydrogen) atoms. The molecule has 7 nitrogen and oxygen atoms in total. The number of halogens is 2. The molecule has 0 unspecified atom stereocenters. The van der Waals surface area contributed by atoms with Crippen LogP contribution in [0.15, 0.2) is 36.4 Å². The number of ether oxygens (including phenoxy) is 2. The molecule has 2 amide bonds. The highest BCUT2D eigenvalue weighted by Crippen LogP contribution is 2.27. The van der Waals surface area contributed by atoms with Gasteiger partial charge in [0.25, 0.3) is 5.91 Å². The van der Waals surface area contributed by atoms with Crippen molar-refractivity contribution in [3.05, 3.63) is 53.6 Å². The highest BCUT2D eigenvalue weighted by Gasteiger charge is 2.11. The summed E-state index contributed by atoms with van der Waals surface area (Å²) >= 11 is 0. The van der Waals surface area contributed by atoms with Crippen LogP contribution in [0.25, 0.3) is 0 Å². The van der Waals surface area contributed by atoms with E-state index in [1.54, 1.807) is 0 Å². The van der Waals surface area contributed by atoms with E-state index in [0.717, 1.165) is 12.1 Å². The standard InChI is InChI=1S/C18H15F2N3O4/c1-26-16-6-11(8-21)2-5-15(16)27-10-18(25)22-9-17(24)23-12-3-4-13(19)14(20)7-12/h2-7H,9-10H2,1H3,(H,22,25)(H,23,24). The predicted octanol–water partition coefficient (Wildman–Crippen LogP) is 1.98. The van der Waals surface area contributed by atoms with E-state index in [0.29, 0.717) is 5.56 Å². The topological polar surface area (TPSA) is 100 Å². The van der Waals surface area contributed by atoms with Crippen molar-refractivity contribution >= 4 is 17.5 Å². The average Bonchev–Trinajstić information content (AvgIpc) is 2.67. The lowest BCUT2D eigenvalue weighted by atomic mass is 10.2. The molecule has 0 atom stereocenters. The normalized spacial score (nSPS) is 9.85. The summed E-state index contributed by atoms with van der Waals surface area (Å²) < 4.78 is 36.3. The first-order chi connectivity index (χ1) is 12.9. The second-order valence-corrected chi connectivity index (χ2v) is 5.22. The van der Waals surface area contributed by atoms with E-state index in [9.17, 15) is 18.4 Å². The third-order valence-corrected chi connectivity index (χ3v) is 3.30. The van der Waals surface area contributed by atoms with Crippen molar-refractivity contribution in [3.63, 3.8) is 0 Å². The molecule has 0 bridgehead atoms. The molecule has 0 aliphatic carbocycles. The van der Waals surface area contributed by atoms with Gasteiger partial charge in [-0.1, -0.05) is 0 Å². The van der Waals surface area contributed by atoms with Crippen molar-refractivity contribution < 1.29 is 27.8 Å². The van der Waals surface area contributed by atoms with E-state index < -0.39 is 23.4 Å². The van der Waals surface area contributed by atoms with E-state index in [1.165, 1.54) is 31.4 Å². The summed E-state index contributed by atoms with van der Waals surface area (Å²) in [5, 5.41) is 13.5. The summed E-state index contributed by atoms with van der Waals surface area (Å²) in [5.41, 5.74) is 0.435. The van der Waals surface area contributed by atoms with Gasteiger partial charge in [-0.3, -0.25) is 9.59 Å². The third-order valence-electron chi connectivity index (χ3n) is 3.30. The molecule has 0 fully saturated rings. The molecule has 140 valence electrons. The lowest BCUT2D eigenvalue weighted by molar-refractivity contribution is -0.125. The number of hydrogen-bond donors (Lipinski definition) is 2. The van der Waals surface area contributed by atoms with Crippen molar-refractivity contribution in [1.82, 2.24) is 5.32 Å². The molecule has 0 saturated heterocycles. The van der Waals surface area contributed by atoms with Crippen molar-refractivity contribution in [3.8, 4) is 17.6 Å². The Balaban J connectivity index is 1.81. The Morgan fingerprint density at radius 1 is 1.07 bits per heavy atom. The highest BCUT2D eigenvalue weighted by atomic mass is 19.2. The minimum atomic E-state index is -1.10. The maximum absolute atomic E-state index is 13.1. The number of amides is 2. The first kappa shape index (κ1) is 19.7. The maximum Gasteiger partial charge on any atom is 0.258 e. The minimum absolute atomic E-state index is 0.0618. The number of nitrogens with one attached hydrogen (secondary N) is 2. The molecular formula is C18H15F2N3O4. The number of hydrogen-bond acceptors (Lipinski definition) is 5. The van der Waals surface area contributed by atoms with Crippen LogP contribution < -0.4 is 20.1 Å². The molecule has 2 aromatic rings. The van der Waals surface area contributed by atoms with Gasteiger partial charge in [-0.15, -0.1) is 0 Å². The Morgan fingerprint density at radius 2 is 1.85 bits per heavy atom. The lowest BCUT2D eigenvalue weighted by Gasteiger charge is -2.11. The molecule has 0 heterocycles. The van der Waals surface area contributed by atoms with Gasteiger partial charge in [-0.05, 0) is 24.3 Å². The minimum Gasteiger partial charge on any atom is -0.493 e. The molecule has 0 saturated carbocycles. The lowest BCUT2D eigenvalue weighted by Crippen LogP contribution is -2.35. The van der Waals surface area contributed by atoms with E-state index >= 15 is 0 Å². The Kier molecular flexibility index (Phi) is 6.66. The zero-order valence-corrected chi connectivity index (χ0v) is 14.2. The highest BCUT2D eigenvalue weighted by molar-refractivity contribution is 5.94. The number of methoxy groups -OCH3 is 1. The number of benzene rings is 2. The van der Waals surface area contributed by atoms with Crippen LogP contribution >= 0.6 is 0 Å². The molecule has 9 heteroatoms. The van der Waals surface area contributed by atoms with Crippen LogP contribution in [-0.4, -0.2) is 32.1 Å². The molecule has 0 aliphatic heterocycles. The Labute approximate surface area is 153 Å². The molecule has 0 aliphatic rings. The third kappa shape index (κ3) is 5.67. The Hall–Kier alpha value is -3.67. The number of carbonyl (C=O) groups excluding carboxylic acids is 2. The van der Waals surface area contributed by atoms with E-state index in [4.69, 9.17) is 14.7 Å². The van der Waals surface area contributed by atoms with Crippen LogP contribution in [0.1, 0.15) is 5.56 Å². The summed E-state index contributed by atoms with van der Waals surface area (Å²) in [4.78, 5) is 23.5. The van der Waals surface area contributed by atoms with Crippen LogP contribution in [0.2, 0.25) is 0 Å². The van der Waals surface area contributed by atoms with Crippen molar-refractivity contribution in [2.75, 3.05) is 25.6 Å². The van der Waals surface area contributed by atoms with E-state index in [1.807, 2.05) is 6.07 Å². The monoisotopic (exact) mass is 375 g/mol. The largest absolute Gasteiger partial charge is 0.493 e. The molecule has 0 aromatic heterocycles. The fraction of sp³-hybridized carbons (Fsp3) is 0.167. The van der Waals surface area contributed by atoms with Gasteiger partial charge in [-0.25, -0.2) is 8.78 Å². The van der Waals surface area contributed by atoms with Gasteiger partial charge < -0.3 is 20.1 Å². The van der Waals surface area contributed by atoms with Crippen molar-refractivity contribution in [1.29, 1.82) is 5.26 Å². The van der Waals surface area contributed by atoms with Crippen molar-refractivity contribution in [2.45, 2.75) is 0 Å². The number of rotatable bonds is 7. The van der Waals surface area contributed by atoms with Gasteiger partial charge in [0.15, 0.2) is 29.7 Å². The van der Waals surface area contributed by atoms with Gasteiger partial charge in [0.2, 0.25) is 5.91 Å². The number of nitriles is 1.